The van der Waals surface area contributed by atoms with Crippen molar-refractivity contribution < 1.29 is 10.0 Å². The van der Waals surface area contributed by atoms with Gasteiger partial charge < -0.3 is 15.7 Å². The number of nitrogens with zero attached hydrogens (tertiary/aromatic N) is 3. The Morgan fingerprint density at radius 3 is 2.67 bits per heavy atom. The Kier molecular flexibility index (Phi) is 5.25. The normalized spacial score (nSPS) is 10.2. The monoisotopic (exact) mass is 255 g/mol. The third kappa shape index (κ3) is 3.52. The Bertz CT molecular complexity index is 424. The molecule has 1 rings (SSSR count). The molecule has 0 saturated carbocycles. The first-order chi connectivity index (χ1) is 8.60. The van der Waals surface area contributed by atoms with Crippen LogP contribution in [0.15, 0.2) is 0 Å². The molecule has 0 saturated heterocycles. The minimum absolute atomic E-state index is 0.0188. The molecule has 1 heterocycles. The zero-order valence-electron chi connectivity index (χ0n) is 10.4. The molecule has 0 aliphatic rings. The lowest BCUT2D eigenvalue weighted by Crippen LogP contribution is -2.12. The van der Waals surface area contributed by atoms with Crippen molar-refractivity contribution in [2.24, 2.45) is 0 Å². The van der Waals surface area contributed by atoms with Crippen molar-refractivity contribution in [3.05, 3.63) is 15.8 Å². The van der Waals surface area contributed by atoms with Crippen molar-refractivity contribution in [3.8, 4) is 0 Å². The molecule has 8 heteroatoms. The van der Waals surface area contributed by atoms with E-state index >= 15 is 0 Å². The van der Waals surface area contributed by atoms with Crippen LogP contribution in [0.25, 0.3) is 0 Å². The quantitative estimate of drug-likeness (QED) is 0.377. The number of hydrogen-bond acceptors (Lipinski definition) is 7. The summed E-state index contributed by atoms with van der Waals surface area (Å²) in [5.41, 5.74) is 0.173. The van der Waals surface area contributed by atoms with Gasteiger partial charge in [-0.2, -0.15) is 4.98 Å². The first-order valence-corrected chi connectivity index (χ1v) is 5.71. The van der Waals surface area contributed by atoms with E-state index in [4.69, 9.17) is 5.11 Å². The molecule has 1 aromatic rings. The number of nitrogens with one attached hydrogen (secondary N) is 2. The highest BCUT2D eigenvalue weighted by atomic mass is 16.6. The minimum Gasteiger partial charge on any atom is -0.396 e. The van der Waals surface area contributed by atoms with Crippen LogP contribution < -0.4 is 10.6 Å². The van der Waals surface area contributed by atoms with E-state index in [-0.39, 0.29) is 18.1 Å². The van der Waals surface area contributed by atoms with Crippen LogP contribution in [0.2, 0.25) is 0 Å². The lowest BCUT2D eigenvalue weighted by Gasteiger charge is -2.09. The number of anilines is 2. The van der Waals surface area contributed by atoms with E-state index < -0.39 is 4.92 Å². The molecule has 100 valence electrons. The highest BCUT2D eigenvalue weighted by Gasteiger charge is 2.21. The number of aliphatic hydroxyl groups excluding tert-OH is 1. The fourth-order valence-electron chi connectivity index (χ4n) is 1.43. The van der Waals surface area contributed by atoms with Crippen LogP contribution in [0.3, 0.4) is 0 Å². The molecule has 0 atom stereocenters. The largest absolute Gasteiger partial charge is 0.396 e. The Morgan fingerprint density at radius 2 is 2.11 bits per heavy atom. The van der Waals surface area contributed by atoms with Crippen molar-refractivity contribution in [3.63, 3.8) is 0 Å². The Balaban J connectivity index is 3.03. The number of aryl methyl sites for hydroxylation is 1. The summed E-state index contributed by atoms with van der Waals surface area (Å²) in [5, 5.41) is 25.4. The summed E-state index contributed by atoms with van der Waals surface area (Å²) < 4.78 is 0. The molecule has 3 N–H and O–H groups in total. The molecule has 0 aliphatic heterocycles. The van der Waals surface area contributed by atoms with Gasteiger partial charge in [0.2, 0.25) is 11.8 Å². The summed E-state index contributed by atoms with van der Waals surface area (Å²) in [6, 6.07) is 0. The topological polar surface area (TPSA) is 113 Å². The SMILES string of the molecule is CCNc1nc(C)c([N+](=O)[O-])c(NCCCO)n1. The molecule has 0 unspecified atom stereocenters. The second-order valence-electron chi connectivity index (χ2n) is 3.62. The lowest BCUT2D eigenvalue weighted by atomic mass is 10.3. The molecule has 1 aromatic heterocycles. The van der Waals surface area contributed by atoms with Gasteiger partial charge in [-0.3, -0.25) is 10.1 Å². The van der Waals surface area contributed by atoms with Crippen molar-refractivity contribution in [1.29, 1.82) is 0 Å². The fraction of sp³-hybridized carbons (Fsp3) is 0.600. The second kappa shape index (κ2) is 6.70. The Hall–Kier alpha value is -1.96. The zero-order valence-corrected chi connectivity index (χ0v) is 10.4. The maximum absolute atomic E-state index is 11.0. The number of hydrogen-bond donors (Lipinski definition) is 3. The average molecular weight is 255 g/mol. The first kappa shape index (κ1) is 14.1. The van der Waals surface area contributed by atoms with Crippen LogP contribution in [0.1, 0.15) is 19.0 Å². The Morgan fingerprint density at radius 1 is 1.39 bits per heavy atom. The van der Waals surface area contributed by atoms with Gasteiger partial charge in [-0.05, 0) is 20.3 Å². The van der Waals surface area contributed by atoms with Gasteiger partial charge in [-0.1, -0.05) is 0 Å². The van der Waals surface area contributed by atoms with E-state index in [0.717, 1.165) is 0 Å². The third-order valence-electron chi connectivity index (χ3n) is 2.20. The molecular formula is C10H17N5O3. The van der Waals surface area contributed by atoms with Crippen molar-refractivity contribution in [2.45, 2.75) is 20.3 Å². The summed E-state index contributed by atoms with van der Waals surface area (Å²) in [5.74, 6) is 0.531. The van der Waals surface area contributed by atoms with Gasteiger partial charge in [0.05, 0.1) is 4.92 Å². The fourth-order valence-corrected chi connectivity index (χ4v) is 1.43. The lowest BCUT2D eigenvalue weighted by molar-refractivity contribution is -0.385. The van der Waals surface area contributed by atoms with Gasteiger partial charge in [0.1, 0.15) is 5.69 Å². The van der Waals surface area contributed by atoms with Gasteiger partial charge in [0.25, 0.3) is 0 Å². The van der Waals surface area contributed by atoms with Crippen LogP contribution in [0.4, 0.5) is 17.5 Å². The van der Waals surface area contributed by atoms with Crippen LogP contribution in [0, 0.1) is 17.0 Å². The zero-order chi connectivity index (χ0) is 13.5. The molecular weight excluding hydrogens is 238 g/mol. The van der Waals surface area contributed by atoms with Gasteiger partial charge in [0, 0.05) is 19.7 Å². The highest BCUT2D eigenvalue weighted by molar-refractivity contribution is 5.60. The van der Waals surface area contributed by atoms with Crippen molar-refractivity contribution in [2.75, 3.05) is 30.3 Å². The third-order valence-corrected chi connectivity index (χ3v) is 2.20. The van der Waals surface area contributed by atoms with Gasteiger partial charge in [-0.15, -0.1) is 0 Å². The summed E-state index contributed by atoms with van der Waals surface area (Å²) in [4.78, 5) is 18.5. The smallest absolute Gasteiger partial charge is 0.332 e. The number of rotatable bonds is 7. The maximum atomic E-state index is 11.0. The van der Waals surface area contributed by atoms with Gasteiger partial charge >= 0.3 is 5.69 Å². The van der Waals surface area contributed by atoms with E-state index in [2.05, 4.69) is 20.6 Å². The predicted molar refractivity (Wildman–Crippen MR) is 67.8 cm³/mol. The Labute approximate surface area is 105 Å². The molecule has 0 fully saturated rings. The molecule has 8 nitrogen and oxygen atoms in total. The van der Waals surface area contributed by atoms with E-state index in [1.807, 2.05) is 6.92 Å². The summed E-state index contributed by atoms with van der Waals surface area (Å²) >= 11 is 0. The van der Waals surface area contributed by atoms with Crippen LogP contribution in [0.5, 0.6) is 0 Å². The van der Waals surface area contributed by atoms with E-state index in [9.17, 15) is 10.1 Å². The predicted octanol–water partition coefficient (Wildman–Crippen LogP) is 0.919. The van der Waals surface area contributed by atoms with Gasteiger partial charge in [-0.25, -0.2) is 4.98 Å². The molecule has 0 aromatic carbocycles. The first-order valence-electron chi connectivity index (χ1n) is 5.71. The van der Waals surface area contributed by atoms with Crippen LogP contribution >= 0.6 is 0 Å². The number of aliphatic hydroxyl groups is 1. The van der Waals surface area contributed by atoms with Crippen LogP contribution in [-0.2, 0) is 0 Å². The molecule has 0 spiro atoms. The molecule has 0 radical (unpaired) electrons. The molecule has 0 amide bonds. The second-order valence-corrected chi connectivity index (χ2v) is 3.62. The summed E-state index contributed by atoms with van der Waals surface area (Å²) in [7, 11) is 0. The number of aromatic nitrogens is 2. The van der Waals surface area contributed by atoms with E-state index in [1.165, 1.54) is 0 Å². The standard InChI is InChI=1S/C10H17N5O3/c1-3-11-10-13-7(2)8(15(17)18)9(14-10)12-5-4-6-16/h16H,3-6H2,1-2H3,(H2,11,12,13,14). The molecule has 0 aliphatic carbocycles. The minimum atomic E-state index is -0.508. The van der Waals surface area contributed by atoms with Gasteiger partial charge in [0.15, 0.2) is 0 Å². The molecule has 0 bridgehead atoms. The maximum Gasteiger partial charge on any atom is 0.332 e. The average Bonchev–Trinajstić information content (AvgIpc) is 2.28. The van der Waals surface area contributed by atoms with E-state index in [0.29, 0.717) is 31.2 Å². The number of nitro groups is 1. The summed E-state index contributed by atoms with van der Waals surface area (Å²) in [6.45, 7) is 4.52. The molecule has 18 heavy (non-hydrogen) atoms. The van der Waals surface area contributed by atoms with E-state index in [1.54, 1.807) is 6.92 Å². The van der Waals surface area contributed by atoms with Crippen LogP contribution in [-0.4, -0.2) is 39.7 Å². The van der Waals surface area contributed by atoms with Crippen molar-refractivity contribution >= 4 is 17.5 Å². The van der Waals surface area contributed by atoms with Crippen molar-refractivity contribution in [1.82, 2.24) is 9.97 Å². The highest BCUT2D eigenvalue weighted by Crippen LogP contribution is 2.26. The summed E-state index contributed by atoms with van der Waals surface area (Å²) in [6.07, 6.45) is 0.497.